The van der Waals surface area contributed by atoms with Crippen molar-refractivity contribution >= 4 is 5.91 Å². The summed E-state index contributed by atoms with van der Waals surface area (Å²) in [6.45, 7) is 5.02. The Morgan fingerprint density at radius 3 is 2.93 bits per heavy atom. The first-order valence-electron chi connectivity index (χ1n) is 9.58. The summed E-state index contributed by atoms with van der Waals surface area (Å²) in [4.78, 5) is 14.6. The number of hydrogen-bond acceptors (Lipinski definition) is 5. The summed E-state index contributed by atoms with van der Waals surface area (Å²) in [6.07, 6.45) is 0.243. The lowest BCUT2D eigenvalue weighted by Crippen LogP contribution is -2.47. The summed E-state index contributed by atoms with van der Waals surface area (Å²) in [6, 6.07) is 13.9. The number of carbonyl (C=O) groups excluding carboxylic acids is 1. The molecule has 2 aliphatic rings. The number of benzene rings is 2. The summed E-state index contributed by atoms with van der Waals surface area (Å²) in [5, 5.41) is 0. The number of hydrogen-bond donors (Lipinski definition) is 0. The molecule has 0 aromatic heterocycles. The average molecular weight is 383 g/mol. The molecule has 0 spiro atoms. The predicted molar refractivity (Wildman–Crippen MR) is 103 cm³/mol. The topological polar surface area (TPSA) is 57.2 Å². The van der Waals surface area contributed by atoms with Gasteiger partial charge in [0.2, 0.25) is 12.7 Å². The first-order valence-corrected chi connectivity index (χ1v) is 9.58. The molecule has 2 heterocycles. The number of morpholine rings is 1. The molecule has 6 nitrogen and oxygen atoms in total. The van der Waals surface area contributed by atoms with Crippen LogP contribution >= 0.6 is 0 Å². The van der Waals surface area contributed by atoms with Crippen molar-refractivity contribution in [3.8, 4) is 11.5 Å². The van der Waals surface area contributed by atoms with E-state index in [1.54, 1.807) is 0 Å². The lowest BCUT2D eigenvalue weighted by Gasteiger charge is -2.33. The normalized spacial score (nSPS) is 18.3. The SMILES string of the molecule is Cc1cccc(COCC2CN(C(=O)Cc3ccc4c(c3)OCO4)CCO2)c1. The number of aryl methyl sites for hydroxylation is 1. The molecular formula is C22H25NO5. The molecule has 0 aliphatic carbocycles. The van der Waals surface area contributed by atoms with Crippen LogP contribution in [-0.2, 0) is 27.3 Å². The van der Waals surface area contributed by atoms with Gasteiger partial charge in [0, 0.05) is 13.1 Å². The number of nitrogens with zero attached hydrogens (tertiary/aromatic N) is 1. The van der Waals surface area contributed by atoms with Crippen LogP contribution in [0.2, 0.25) is 0 Å². The van der Waals surface area contributed by atoms with Crippen LogP contribution < -0.4 is 9.47 Å². The van der Waals surface area contributed by atoms with Gasteiger partial charge in [0.1, 0.15) is 0 Å². The van der Waals surface area contributed by atoms with E-state index in [4.69, 9.17) is 18.9 Å². The Balaban J connectivity index is 1.26. The molecule has 0 saturated carbocycles. The summed E-state index contributed by atoms with van der Waals surface area (Å²) in [5.41, 5.74) is 3.29. The third-order valence-corrected chi connectivity index (χ3v) is 4.94. The standard InChI is InChI=1S/C22H25NO5/c1-16-3-2-4-18(9-16)13-25-14-19-12-23(7-8-26-19)22(24)11-17-5-6-20-21(10-17)28-15-27-20/h2-6,9-10,19H,7-8,11-15H2,1H3. The number of fused-ring (bicyclic) bond motifs is 1. The summed E-state index contributed by atoms with van der Waals surface area (Å²) in [5.74, 6) is 1.52. The second kappa shape index (κ2) is 8.63. The fourth-order valence-electron chi connectivity index (χ4n) is 3.49. The van der Waals surface area contributed by atoms with Gasteiger partial charge in [0.25, 0.3) is 0 Å². The highest BCUT2D eigenvalue weighted by molar-refractivity contribution is 5.79. The summed E-state index contributed by atoms with van der Waals surface area (Å²) in [7, 11) is 0. The van der Waals surface area contributed by atoms with Crippen LogP contribution in [0, 0.1) is 6.92 Å². The van der Waals surface area contributed by atoms with Gasteiger partial charge in [-0.3, -0.25) is 4.79 Å². The lowest BCUT2D eigenvalue weighted by atomic mass is 10.1. The van der Waals surface area contributed by atoms with Gasteiger partial charge in [-0.25, -0.2) is 0 Å². The Hall–Kier alpha value is -2.57. The van der Waals surface area contributed by atoms with Gasteiger partial charge in [-0.15, -0.1) is 0 Å². The van der Waals surface area contributed by atoms with E-state index < -0.39 is 0 Å². The lowest BCUT2D eigenvalue weighted by molar-refractivity contribution is -0.140. The molecule has 1 saturated heterocycles. The number of rotatable bonds is 6. The minimum atomic E-state index is -0.0979. The fourth-order valence-corrected chi connectivity index (χ4v) is 3.49. The van der Waals surface area contributed by atoms with E-state index >= 15 is 0 Å². The molecular weight excluding hydrogens is 358 g/mol. The first-order chi connectivity index (χ1) is 13.7. The molecule has 1 amide bonds. The number of amides is 1. The van der Waals surface area contributed by atoms with Gasteiger partial charge >= 0.3 is 0 Å². The summed E-state index contributed by atoms with van der Waals surface area (Å²) < 4.78 is 22.3. The number of ether oxygens (including phenoxy) is 4. The average Bonchev–Trinajstić information content (AvgIpc) is 3.16. The van der Waals surface area contributed by atoms with Crippen LogP contribution in [-0.4, -0.2) is 50.0 Å². The predicted octanol–water partition coefficient (Wildman–Crippen LogP) is 2.71. The third kappa shape index (κ3) is 4.64. The van der Waals surface area contributed by atoms with Crippen LogP contribution in [0.5, 0.6) is 11.5 Å². The van der Waals surface area contributed by atoms with Crippen LogP contribution in [0.15, 0.2) is 42.5 Å². The van der Waals surface area contributed by atoms with Crippen molar-refractivity contribution in [2.24, 2.45) is 0 Å². The zero-order chi connectivity index (χ0) is 19.3. The minimum absolute atomic E-state index is 0.0887. The van der Waals surface area contributed by atoms with Crippen LogP contribution in [0.1, 0.15) is 16.7 Å². The van der Waals surface area contributed by atoms with Gasteiger partial charge in [-0.2, -0.15) is 0 Å². The Kier molecular flexibility index (Phi) is 5.78. The van der Waals surface area contributed by atoms with E-state index in [-0.39, 0.29) is 18.8 Å². The highest BCUT2D eigenvalue weighted by atomic mass is 16.7. The molecule has 0 N–H and O–H groups in total. The second-order valence-corrected chi connectivity index (χ2v) is 7.20. The monoisotopic (exact) mass is 383 g/mol. The van der Waals surface area contributed by atoms with E-state index in [1.165, 1.54) is 5.56 Å². The molecule has 148 valence electrons. The molecule has 1 atom stereocenters. The maximum atomic E-state index is 12.7. The molecule has 2 aliphatic heterocycles. The van der Waals surface area contributed by atoms with Crippen LogP contribution in [0.25, 0.3) is 0 Å². The number of carbonyl (C=O) groups is 1. The molecule has 0 radical (unpaired) electrons. The van der Waals surface area contributed by atoms with E-state index in [2.05, 4.69) is 25.1 Å². The third-order valence-electron chi connectivity index (χ3n) is 4.94. The Labute approximate surface area is 165 Å². The molecule has 28 heavy (non-hydrogen) atoms. The van der Waals surface area contributed by atoms with Gasteiger partial charge < -0.3 is 23.8 Å². The van der Waals surface area contributed by atoms with Crippen molar-refractivity contribution in [2.45, 2.75) is 26.1 Å². The quantitative estimate of drug-likeness (QED) is 0.768. The Morgan fingerprint density at radius 2 is 2.04 bits per heavy atom. The van der Waals surface area contributed by atoms with Gasteiger partial charge in [0.15, 0.2) is 11.5 Å². The highest BCUT2D eigenvalue weighted by Crippen LogP contribution is 2.32. The van der Waals surface area contributed by atoms with Gasteiger partial charge in [-0.1, -0.05) is 35.9 Å². The van der Waals surface area contributed by atoms with Crippen molar-refractivity contribution in [3.63, 3.8) is 0 Å². The first kappa shape index (κ1) is 18.8. The van der Waals surface area contributed by atoms with Crippen molar-refractivity contribution in [3.05, 3.63) is 59.2 Å². The molecule has 0 bridgehead atoms. The maximum absolute atomic E-state index is 12.7. The maximum Gasteiger partial charge on any atom is 0.231 e. The largest absolute Gasteiger partial charge is 0.454 e. The van der Waals surface area contributed by atoms with E-state index in [0.717, 1.165) is 16.9 Å². The van der Waals surface area contributed by atoms with Crippen molar-refractivity contribution in [1.29, 1.82) is 0 Å². The van der Waals surface area contributed by atoms with Crippen LogP contribution in [0.3, 0.4) is 0 Å². The van der Waals surface area contributed by atoms with Crippen molar-refractivity contribution in [2.75, 3.05) is 33.1 Å². The van der Waals surface area contributed by atoms with Crippen molar-refractivity contribution in [1.82, 2.24) is 4.90 Å². The zero-order valence-electron chi connectivity index (χ0n) is 16.1. The summed E-state index contributed by atoms with van der Waals surface area (Å²) >= 11 is 0. The zero-order valence-corrected chi connectivity index (χ0v) is 16.1. The molecule has 1 fully saturated rings. The van der Waals surface area contributed by atoms with Gasteiger partial charge in [0.05, 0.1) is 32.3 Å². The molecule has 1 unspecified atom stereocenters. The van der Waals surface area contributed by atoms with Gasteiger partial charge in [-0.05, 0) is 30.2 Å². The highest BCUT2D eigenvalue weighted by Gasteiger charge is 2.25. The smallest absolute Gasteiger partial charge is 0.231 e. The molecule has 2 aromatic carbocycles. The fraction of sp³-hybridized carbons (Fsp3) is 0.409. The molecule has 6 heteroatoms. The van der Waals surface area contributed by atoms with E-state index in [0.29, 0.717) is 45.1 Å². The molecule has 4 rings (SSSR count). The Bertz CT molecular complexity index is 837. The van der Waals surface area contributed by atoms with E-state index in [1.807, 2.05) is 29.2 Å². The second-order valence-electron chi connectivity index (χ2n) is 7.20. The minimum Gasteiger partial charge on any atom is -0.454 e. The molecule has 2 aromatic rings. The van der Waals surface area contributed by atoms with E-state index in [9.17, 15) is 4.79 Å². The van der Waals surface area contributed by atoms with Crippen LogP contribution in [0.4, 0.5) is 0 Å². The Morgan fingerprint density at radius 1 is 1.14 bits per heavy atom. The van der Waals surface area contributed by atoms with Crippen molar-refractivity contribution < 1.29 is 23.7 Å².